The van der Waals surface area contributed by atoms with E-state index in [9.17, 15) is 9.59 Å². The van der Waals surface area contributed by atoms with Crippen molar-refractivity contribution in [3.8, 4) is 0 Å². The molecule has 0 radical (unpaired) electrons. The Bertz CT molecular complexity index is 360. The molecule has 0 bridgehead atoms. The molecular formula is C12H20N2O3. The Morgan fingerprint density at radius 1 is 1.35 bits per heavy atom. The summed E-state index contributed by atoms with van der Waals surface area (Å²) in [6.45, 7) is 8.53. The Morgan fingerprint density at radius 2 is 1.88 bits per heavy atom. The number of carbonyl (C=O) groups excluding carboxylic acids is 1. The number of hydrogen-bond acceptors (Lipinski definition) is 3. The lowest BCUT2D eigenvalue weighted by molar-refractivity contribution is -0.144. The molecule has 0 spiro atoms. The fourth-order valence-electron chi connectivity index (χ4n) is 1.56. The minimum Gasteiger partial charge on any atom is -0.480 e. The van der Waals surface area contributed by atoms with Crippen molar-refractivity contribution in [2.75, 3.05) is 13.1 Å². The Hall–Kier alpha value is -1.36. The maximum absolute atomic E-state index is 11.9. The number of carbonyl (C=O) groups is 2. The number of hydrogen-bond donors (Lipinski definition) is 3. The van der Waals surface area contributed by atoms with Gasteiger partial charge in [0.25, 0.3) is 0 Å². The van der Waals surface area contributed by atoms with Crippen LogP contribution in [0, 0.1) is 5.41 Å². The maximum atomic E-state index is 11.9. The van der Waals surface area contributed by atoms with Crippen LogP contribution in [-0.2, 0) is 9.59 Å². The van der Waals surface area contributed by atoms with Crippen molar-refractivity contribution < 1.29 is 14.7 Å². The van der Waals surface area contributed by atoms with Gasteiger partial charge in [-0.2, -0.15) is 0 Å². The number of carboxylic acid groups (broad SMARTS) is 1. The number of rotatable bonds is 3. The van der Waals surface area contributed by atoms with Gasteiger partial charge >= 0.3 is 5.97 Å². The first-order chi connectivity index (χ1) is 7.73. The Morgan fingerprint density at radius 3 is 2.18 bits per heavy atom. The first-order valence-electron chi connectivity index (χ1n) is 5.66. The van der Waals surface area contributed by atoms with Crippen molar-refractivity contribution >= 4 is 11.9 Å². The van der Waals surface area contributed by atoms with Crippen molar-refractivity contribution in [2.24, 2.45) is 5.41 Å². The molecule has 1 aliphatic heterocycles. The maximum Gasteiger partial charge on any atom is 0.326 e. The first-order valence-corrected chi connectivity index (χ1v) is 5.66. The van der Waals surface area contributed by atoms with E-state index in [1.54, 1.807) is 27.7 Å². The second kappa shape index (κ2) is 4.87. The molecule has 1 unspecified atom stereocenters. The highest BCUT2D eigenvalue weighted by Crippen LogP contribution is 2.20. The van der Waals surface area contributed by atoms with E-state index in [2.05, 4.69) is 10.6 Å². The normalized spacial score (nSPS) is 17.1. The molecule has 1 saturated heterocycles. The van der Waals surface area contributed by atoms with E-state index in [0.717, 1.165) is 5.57 Å². The van der Waals surface area contributed by atoms with Gasteiger partial charge in [-0.05, 0) is 17.9 Å². The summed E-state index contributed by atoms with van der Waals surface area (Å²) < 4.78 is 0. The molecule has 0 aromatic heterocycles. The van der Waals surface area contributed by atoms with Crippen LogP contribution in [-0.4, -0.2) is 36.1 Å². The van der Waals surface area contributed by atoms with Crippen LogP contribution >= 0.6 is 0 Å². The molecule has 1 amide bonds. The van der Waals surface area contributed by atoms with Crippen LogP contribution in [0.5, 0.6) is 0 Å². The van der Waals surface area contributed by atoms with Crippen LogP contribution < -0.4 is 10.6 Å². The Kier molecular flexibility index (Phi) is 3.93. The zero-order valence-electron chi connectivity index (χ0n) is 10.8. The molecule has 1 heterocycles. The van der Waals surface area contributed by atoms with Crippen molar-refractivity contribution in [3.63, 3.8) is 0 Å². The SMILES string of the molecule is CC(C(=O)NC(C(=O)O)C(C)(C)C)=C1CNC1. The summed E-state index contributed by atoms with van der Waals surface area (Å²) >= 11 is 0. The molecule has 1 aliphatic rings. The van der Waals surface area contributed by atoms with Gasteiger partial charge in [-0.3, -0.25) is 4.79 Å². The number of aliphatic carboxylic acids is 1. The molecule has 3 N–H and O–H groups in total. The molecule has 1 atom stereocenters. The van der Waals surface area contributed by atoms with Gasteiger partial charge < -0.3 is 15.7 Å². The van der Waals surface area contributed by atoms with Crippen LogP contribution in [0.1, 0.15) is 27.7 Å². The predicted molar refractivity (Wildman–Crippen MR) is 64.6 cm³/mol. The van der Waals surface area contributed by atoms with Gasteiger partial charge in [0, 0.05) is 18.7 Å². The van der Waals surface area contributed by atoms with E-state index in [4.69, 9.17) is 5.11 Å². The van der Waals surface area contributed by atoms with Gasteiger partial charge in [0.2, 0.25) is 5.91 Å². The highest BCUT2D eigenvalue weighted by Gasteiger charge is 2.33. The zero-order valence-corrected chi connectivity index (χ0v) is 10.8. The van der Waals surface area contributed by atoms with Crippen molar-refractivity contribution in [1.82, 2.24) is 10.6 Å². The zero-order chi connectivity index (χ0) is 13.2. The topological polar surface area (TPSA) is 78.4 Å². The van der Waals surface area contributed by atoms with Crippen LogP contribution in [0.2, 0.25) is 0 Å². The highest BCUT2D eigenvalue weighted by atomic mass is 16.4. The molecule has 0 aromatic carbocycles. The molecule has 1 rings (SSSR count). The summed E-state index contributed by atoms with van der Waals surface area (Å²) in [5, 5.41) is 14.7. The summed E-state index contributed by atoms with van der Waals surface area (Å²) in [5.74, 6) is -1.29. The van der Waals surface area contributed by atoms with Crippen molar-refractivity contribution in [3.05, 3.63) is 11.1 Å². The van der Waals surface area contributed by atoms with E-state index < -0.39 is 17.4 Å². The van der Waals surface area contributed by atoms with Gasteiger partial charge in [0.05, 0.1) is 0 Å². The minimum absolute atomic E-state index is 0.288. The van der Waals surface area contributed by atoms with Crippen LogP contribution in [0.15, 0.2) is 11.1 Å². The summed E-state index contributed by atoms with van der Waals surface area (Å²) in [5.41, 5.74) is 1.16. The lowest BCUT2D eigenvalue weighted by Gasteiger charge is -2.29. The van der Waals surface area contributed by atoms with E-state index in [1.807, 2.05) is 0 Å². The molecule has 17 heavy (non-hydrogen) atoms. The van der Waals surface area contributed by atoms with Crippen LogP contribution in [0.25, 0.3) is 0 Å². The lowest BCUT2D eigenvalue weighted by atomic mass is 9.86. The summed E-state index contributed by atoms with van der Waals surface area (Å²) in [4.78, 5) is 23.0. The standard InChI is InChI=1S/C12H20N2O3/c1-7(8-5-13-6-8)10(15)14-9(11(16)17)12(2,3)4/h9,13H,5-6H2,1-4H3,(H,14,15)(H,16,17). The van der Waals surface area contributed by atoms with Crippen LogP contribution in [0.3, 0.4) is 0 Å². The molecule has 0 aliphatic carbocycles. The lowest BCUT2D eigenvalue weighted by Crippen LogP contribution is -2.50. The summed E-state index contributed by atoms with van der Waals surface area (Å²) in [6, 6.07) is -0.876. The van der Waals surface area contributed by atoms with Crippen LogP contribution in [0.4, 0.5) is 0 Å². The van der Waals surface area contributed by atoms with E-state index in [1.165, 1.54) is 0 Å². The third-order valence-electron chi connectivity index (χ3n) is 2.94. The van der Waals surface area contributed by atoms with Gasteiger partial charge in [-0.25, -0.2) is 4.79 Å². The van der Waals surface area contributed by atoms with Gasteiger partial charge in [0.15, 0.2) is 0 Å². The quantitative estimate of drug-likeness (QED) is 0.628. The Labute approximate surface area is 101 Å². The average molecular weight is 240 g/mol. The number of amides is 1. The minimum atomic E-state index is -1.00. The van der Waals surface area contributed by atoms with E-state index in [0.29, 0.717) is 18.7 Å². The first kappa shape index (κ1) is 13.7. The Balaban J connectivity index is 2.75. The predicted octanol–water partition coefficient (Wildman–Crippen LogP) is 0.522. The smallest absolute Gasteiger partial charge is 0.326 e. The van der Waals surface area contributed by atoms with Gasteiger partial charge in [-0.1, -0.05) is 20.8 Å². The molecule has 0 saturated carbocycles. The largest absolute Gasteiger partial charge is 0.480 e. The van der Waals surface area contributed by atoms with E-state index in [-0.39, 0.29) is 5.91 Å². The fourth-order valence-corrected chi connectivity index (χ4v) is 1.56. The third kappa shape index (κ3) is 3.30. The molecule has 96 valence electrons. The number of carboxylic acids is 1. The molecule has 5 nitrogen and oxygen atoms in total. The monoisotopic (exact) mass is 240 g/mol. The average Bonchev–Trinajstić information content (AvgIpc) is 2.08. The second-order valence-corrected chi connectivity index (χ2v) is 5.44. The van der Waals surface area contributed by atoms with Crippen molar-refractivity contribution in [2.45, 2.75) is 33.7 Å². The third-order valence-corrected chi connectivity index (χ3v) is 2.94. The summed E-state index contributed by atoms with van der Waals surface area (Å²) in [6.07, 6.45) is 0. The number of nitrogens with one attached hydrogen (secondary N) is 2. The highest BCUT2D eigenvalue weighted by molar-refractivity contribution is 5.96. The molecule has 5 heteroatoms. The van der Waals surface area contributed by atoms with E-state index >= 15 is 0 Å². The van der Waals surface area contributed by atoms with Crippen molar-refractivity contribution in [1.29, 1.82) is 0 Å². The molecule has 1 fully saturated rings. The second-order valence-electron chi connectivity index (χ2n) is 5.44. The summed E-state index contributed by atoms with van der Waals surface area (Å²) in [7, 11) is 0. The van der Waals surface area contributed by atoms with Gasteiger partial charge in [-0.15, -0.1) is 0 Å². The molecular weight excluding hydrogens is 220 g/mol. The fraction of sp³-hybridized carbons (Fsp3) is 0.667. The molecule has 0 aromatic rings. The van der Waals surface area contributed by atoms with Gasteiger partial charge in [0.1, 0.15) is 6.04 Å².